The first-order valence-corrected chi connectivity index (χ1v) is 6.11. The molecule has 16 heavy (non-hydrogen) atoms. The van der Waals surface area contributed by atoms with E-state index in [4.69, 9.17) is 0 Å². The second-order valence-corrected chi connectivity index (χ2v) is 4.58. The molecule has 0 unspecified atom stereocenters. The molecule has 1 aliphatic carbocycles. The maximum absolute atomic E-state index is 4.44. The maximum Gasteiger partial charge on any atom is 0.202 e. The minimum Gasteiger partial charge on any atom is -0.358 e. The molecular formula is C9H12N6S. The highest BCUT2D eigenvalue weighted by Gasteiger charge is 2.27. The highest BCUT2D eigenvalue weighted by molar-refractivity contribution is 7.09. The van der Waals surface area contributed by atoms with Gasteiger partial charge < -0.3 is 5.32 Å². The van der Waals surface area contributed by atoms with Crippen LogP contribution in [0.1, 0.15) is 24.6 Å². The van der Waals surface area contributed by atoms with E-state index in [1.165, 1.54) is 24.4 Å². The van der Waals surface area contributed by atoms with E-state index in [1.54, 1.807) is 10.9 Å². The molecule has 0 aromatic carbocycles. The van der Waals surface area contributed by atoms with Crippen LogP contribution in [-0.2, 0) is 6.54 Å². The van der Waals surface area contributed by atoms with Crippen LogP contribution in [-0.4, -0.2) is 30.9 Å². The van der Waals surface area contributed by atoms with E-state index in [9.17, 15) is 0 Å². The fourth-order valence-electron chi connectivity index (χ4n) is 1.44. The lowest BCUT2D eigenvalue weighted by Crippen LogP contribution is -2.10. The van der Waals surface area contributed by atoms with E-state index < -0.39 is 0 Å². The Labute approximate surface area is 96.9 Å². The number of anilines is 1. The summed E-state index contributed by atoms with van der Waals surface area (Å²) >= 11 is 1.44. The Morgan fingerprint density at radius 1 is 1.50 bits per heavy atom. The summed E-state index contributed by atoms with van der Waals surface area (Å²) in [6.45, 7) is 1.58. The average molecular weight is 236 g/mol. The molecule has 84 valence electrons. The van der Waals surface area contributed by atoms with Crippen molar-refractivity contribution in [2.45, 2.75) is 25.3 Å². The molecule has 3 rings (SSSR count). The molecule has 1 aliphatic rings. The predicted octanol–water partition coefficient (Wildman–Crippen LogP) is 1.12. The standard InChI is InChI=1S/C9H12N6S/c1-2-7(1)8-12-9(16-13-8)10-3-5-15-6-4-11-14-15/h4,6-7H,1-3,5H2,(H,10,12,13). The lowest BCUT2D eigenvalue weighted by Gasteiger charge is -2.00. The van der Waals surface area contributed by atoms with Gasteiger partial charge in [-0.1, -0.05) is 5.21 Å². The molecule has 1 N–H and O–H groups in total. The number of rotatable bonds is 5. The molecule has 2 heterocycles. The Morgan fingerprint density at radius 3 is 3.19 bits per heavy atom. The summed E-state index contributed by atoms with van der Waals surface area (Å²) in [4.78, 5) is 4.44. The third-order valence-corrected chi connectivity index (χ3v) is 3.16. The van der Waals surface area contributed by atoms with Crippen molar-refractivity contribution in [3.05, 3.63) is 18.2 Å². The van der Waals surface area contributed by atoms with Crippen molar-refractivity contribution in [3.63, 3.8) is 0 Å². The van der Waals surface area contributed by atoms with Crippen LogP contribution in [0.2, 0.25) is 0 Å². The molecule has 0 amide bonds. The minimum absolute atomic E-state index is 0.627. The van der Waals surface area contributed by atoms with Crippen molar-refractivity contribution in [2.75, 3.05) is 11.9 Å². The van der Waals surface area contributed by atoms with Crippen LogP contribution in [0.25, 0.3) is 0 Å². The van der Waals surface area contributed by atoms with E-state index in [2.05, 4.69) is 25.0 Å². The SMILES string of the molecule is c1cn(CCNc2nc(C3CC3)ns2)nn1. The fourth-order valence-corrected chi connectivity index (χ4v) is 2.11. The third kappa shape index (κ3) is 2.19. The van der Waals surface area contributed by atoms with Crippen LogP contribution in [0, 0.1) is 0 Å². The number of hydrogen-bond donors (Lipinski definition) is 1. The van der Waals surface area contributed by atoms with Gasteiger partial charge in [-0.05, 0) is 12.8 Å². The van der Waals surface area contributed by atoms with Gasteiger partial charge in [-0.25, -0.2) is 4.98 Å². The van der Waals surface area contributed by atoms with Gasteiger partial charge in [0, 0.05) is 30.2 Å². The maximum atomic E-state index is 4.44. The fraction of sp³-hybridized carbons (Fsp3) is 0.556. The van der Waals surface area contributed by atoms with Crippen LogP contribution in [0.5, 0.6) is 0 Å². The molecule has 0 bridgehead atoms. The van der Waals surface area contributed by atoms with E-state index in [0.29, 0.717) is 5.92 Å². The zero-order valence-corrected chi connectivity index (χ0v) is 9.52. The van der Waals surface area contributed by atoms with Crippen molar-refractivity contribution in [1.82, 2.24) is 24.4 Å². The first-order valence-electron chi connectivity index (χ1n) is 5.33. The zero-order valence-electron chi connectivity index (χ0n) is 8.70. The minimum atomic E-state index is 0.627. The average Bonchev–Trinajstić information content (AvgIpc) is 2.83. The van der Waals surface area contributed by atoms with Crippen LogP contribution < -0.4 is 5.32 Å². The second kappa shape index (κ2) is 4.17. The summed E-state index contributed by atoms with van der Waals surface area (Å²) in [6.07, 6.45) is 6.01. The summed E-state index contributed by atoms with van der Waals surface area (Å²) in [7, 11) is 0. The Hall–Kier alpha value is -1.50. The van der Waals surface area contributed by atoms with Crippen molar-refractivity contribution in [2.24, 2.45) is 0 Å². The van der Waals surface area contributed by atoms with Gasteiger partial charge in [-0.15, -0.1) is 5.10 Å². The summed E-state index contributed by atoms with van der Waals surface area (Å²) in [6, 6.07) is 0. The molecule has 2 aromatic heterocycles. The molecule has 7 heteroatoms. The third-order valence-electron chi connectivity index (χ3n) is 2.47. The van der Waals surface area contributed by atoms with Gasteiger partial charge in [-0.2, -0.15) is 4.37 Å². The monoisotopic (exact) mass is 236 g/mol. The van der Waals surface area contributed by atoms with Gasteiger partial charge in [0.2, 0.25) is 5.13 Å². The lowest BCUT2D eigenvalue weighted by molar-refractivity contribution is 0.608. The van der Waals surface area contributed by atoms with Crippen molar-refractivity contribution < 1.29 is 0 Å². The zero-order chi connectivity index (χ0) is 10.8. The molecule has 6 nitrogen and oxygen atoms in total. The van der Waals surface area contributed by atoms with Crippen molar-refractivity contribution >= 4 is 16.7 Å². The number of hydrogen-bond acceptors (Lipinski definition) is 6. The topological polar surface area (TPSA) is 68.5 Å². The Bertz CT molecular complexity index is 446. The molecule has 1 saturated carbocycles. The first kappa shape index (κ1) is 9.71. The number of nitrogens with one attached hydrogen (secondary N) is 1. The summed E-state index contributed by atoms with van der Waals surface area (Å²) in [5.41, 5.74) is 0. The van der Waals surface area contributed by atoms with E-state index >= 15 is 0 Å². The van der Waals surface area contributed by atoms with E-state index in [-0.39, 0.29) is 0 Å². The quantitative estimate of drug-likeness (QED) is 0.842. The Morgan fingerprint density at radius 2 is 2.44 bits per heavy atom. The highest BCUT2D eigenvalue weighted by atomic mass is 32.1. The van der Waals surface area contributed by atoms with Crippen LogP contribution in [0.4, 0.5) is 5.13 Å². The largest absolute Gasteiger partial charge is 0.358 e. The Balaban J connectivity index is 1.50. The van der Waals surface area contributed by atoms with Gasteiger partial charge in [0.05, 0.1) is 12.7 Å². The Kier molecular flexibility index (Phi) is 2.53. The number of aromatic nitrogens is 5. The van der Waals surface area contributed by atoms with Crippen LogP contribution >= 0.6 is 11.5 Å². The van der Waals surface area contributed by atoms with E-state index in [0.717, 1.165) is 24.0 Å². The molecule has 0 radical (unpaired) electrons. The first-order chi connectivity index (χ1) is 7.92. The normalized spacial score (nSPS) is 15.2. The summed E-state index contributed by atoms with van der Waals surface area (Å²) in [5, 5.41) is 11.8. The molecule has 0 saturated heterocycles. The molecule has 0 aliphatic heterocycles. The molecule has 2 aromatic rings. The van der Waals surface area contributed by atoms with Gasteiger partial charge in [-0.3, -0.25) is 4.68 Å². The number of nitrogens with zero attached hydrogens (tertiary/aromatic N) is 5. The summed E-state index contributed by atoms with van der Waals surface area (Å²) < 4.78 is 6.11. The summed E-state index contributed by atoms with van der Waals surface area (Å²) in [5.74, 6) is 1.63. The smallest absolute Gasteiger partial charge is 0.202 e. The molecular weight excluding hydrogens is 224 g/mol. The van der Waals surface area contributed by atoms with Crippen LogP contribution in [0.15, 0.2) is 12.4 Å². The molecule has 0 spiro atoms. The van der Waals surface area contributed by atoms with Crippen LogP contribution in [0.3, 0.4) is 0 Å². The van der Waals surface area contributed by atoms with E-state index in [1.807, 2.05) is 6.20 Å². The molecule has 1 fully saturated rings. The highest BCUT2D eigenvalue weighted by Crippen LogP contribution is 2.39. The van der Waals surface area contributed by atoms with Gasteiger partial charge in [0.1, 0.15) is 5.82 Å². The van der Waals surface area contributed by atoms with Crippen molar-refractivity contribution in [3.8, 4) is 0 Å². The second-order valence-electron chi connectivity index (χ2n) is 3.82. The molecule has 0 atom stereocenters. The van der Waals surface area contributed by atoms with Crippen molar-refractivity contribution in [1.29, 1.82) is 0 Å². The van der Waals surface area contributed by atoms with Gasteiger partial charge in [0.25, 0.3) is 0 Å². The van der Waals surface area contributed by atoms with Gasteiger partial charge in [0.15, 0.2) is 0 Å². The lowest BCUT2D eigenvalue weighted by atomic mass is 10.4. The van der Waals surface area contributed by atoms with Gasteiger partial charge >= 0.3 is 0 Å². The predicted molar refractivity (Wildman–Crippen MR) is 60.4 cm³/mol.